The third-order valence-electron chi connectivity index (χ3n) is 4.06. The first-order chi connectivity index (χ1) is 12.2. The first-order valence-electron chi connectivity index (χ1n) is 7.96. The largest absolute Gasteiger partial charge is 0.342 e. The van der Waals surface area contributed by atoms with Gasteiger partial charge in [0.2, 0.25) is 0 Å². The number of nitrogens with zero attached hydrogens (tertiary/aromatic N) is 3. The Kier molecular flexibility index (Phi) is 4.00. The van der Waals surface area contributed by atoms with E-state index in [1.165, 1.54) is 11.3 Å². The number of carbonyl (C=O) groups excluding carboxylic acids is 1. The molecule has 0 fully saturated rings. The summed E-state index contributed by atoms with van der Waals surface area (Å²) in [6.07, 6.45) is 0.741. The van der Waals surface area contributed by atoms with Gasteiger partial charge >= 0.3 is 0 Å². The summed E-state index contributed by atoms with van der Waals surface area (Å²) in [6.45, 7) is 0. The van der Waals surface area contributed by atoms with Gasteiger partial charge < -0.3 is 4.98 Å². The summed E-state index contributed by atoms with van der Waals surface area (Å²) in [6, 6.07) is 17.5. The molecule has 2 aromatic carbocycles. The van der Waals surface area contributed by atoms with Crippen molar-refractivity contribution in [1.82, 2.24) is 15.0 Å². The number of aromatic nitrogens is 3. The van der Waals surface area contributed by atoms with E-state index in [4.69, 9.17) is 0 Å². The maximum atomic E-state index is 12.5. The monoisotopic (exact) mass is 346 g/mol. The van der Waals surface area contributed by atoms with Gasteiger partial charge in [-0.1, -0.05) is 24.3 Å². The molecular weight excluding hydrogens is 332 g/mol. The molecule has 1 N–H and O–H groups in total. The van der Waals surface area contributed by atoms with Crippen LogP contribution in [0.4, 0.5) is 0 Å². The van der Waals surface area contributed by atoms with Crippen LogP contribution in [0, 0.1) is 11.3 Å². The molecule has 0 aliphatic carbocycles. The molecule has 0 radical (unpaired) electrons. The molecule has 4 rings (SSSR count). The Morgan fingerprint density at radius 2 is 1.88 bits per heavy atom. The highest BCUT2D eigenvalue weighted by Gasteiger charge is 2.24. The van der Waals surface area contributed by atoms with Crippen LogP contribution in [0.25, 0.3) is 21.3 Å². The number of fused-ring (bicyclic) bond motifs is 2. The highest BCUT2D eigenvalue weighted by molar-refractivity contribution is 7.18. The second-order valence-electron chi connectivity index (χ2n) is 5.75. The van der Waals surface area contributed by atoms with Gasteiger partial charge in [0, 0.05) is 12.8 Å². The number of thiazole rings is 1. The highest BCUT2D eigenvalue weighted by Crippen LogP contribution is 2.28. The zero-order chi connectivity index (χ0) is 17.2. The second kappa shape index (κ2) is 6.46. The number of imidazole rings is 1. The van der Waals surface area contributed by atoms with Crippen molar-refractivity contribution in [3.63, 3.8) is 0 Å². The Hall–Kier alpha value is -3.04. The van der Waals surface area contributed by atoms with Crippen molar-refractivity contribution in [3.05, 3.63) is 59.4 Å². The predicted molar refractivity (Wildman–Crippen MR) is 97.4 cm³/mol. The average Bonchev–Trinajstić information content (AvgIpc) is 3.23. The summed E-state index contributed by atoms with van der Waals surface area (Å²) in [7, 11) is 0. The summed E-state index contributed by atoms with van der Waals surface area (Å²) < 4.78 is 0.989. The number of rotatable bonds is 5. The number of para-hydroxylation sites is 3. The molecule has 1 atom stereocenters. The van der Waals surface area contributed by atoms with E-state index < -0.39 is 5.92 Å². The molecule has 0 saturated heterocycles. The molecule has 0 bridgehead atoms. The van der Waals surface area contributed by atoms with Gasteiger partial charge in [-0.3, -0.25) is 4.79 Å². The second-order valence-corrected chi connectivity index (χ2v) is 6.81. The van der Waals surface area contributed by atoms with E-state index in [2.05, 4.69) is 21.0 Å². The van der Waals surface area contributed by atoms with Crippen LogP contribution in [0.15, 0.2) is 48.5 Å². The van der Waals surface area contributed by atoms with Crippen LogP contribution in [0.5, 0.6) is 0 Å². The van der Waals surface area contributed by atoms with Crippen molar-refractivity contribution in [2.24, 2.45) is 0 Å². The summed E-state index contributed by atoms with van der Waals surface area (Å²) in [5.74, 6) is -0.181. The lowest BCUT2D eigenvalue weighted by Crippen LogP contribution is -2.11. The lowest BCUT2D eigenvalue weighted by atomic mass is 10.0. The first kappa shape index (κ1) is 15.5. The normalized spacial score (nSPS) is 12.3. The number of Topliss-reactive ketones (excluding diaryl/α,β-unsaturated/α-hetero) is 1. The van der Waals surface area contributed by atoms with E-state index >= 15 is 0 Å². The number of aromatic amines is 1. The molecule has 2 aromatic heterocycles. The van der Waals surface area contributed by atoms with Gasteiger partial charge in [0.25, 0.3) is 0 Å². The predicted octanol–water partition coefficient (Wildman–Crippen LogP) is 3.98. The topological polar surface area (TPSA) is 82.4 Å². The van der Waals surface area contributed by atoms with Gasteiger partial charge in [0.1, 0.15) is 10.8 Å². The van der Waals surface area contributed by atoms with E-state index in [9.17, 15) is 10.1 Å². The number of aryl methyl sites for hydroxylation is 1. The van der Waals surface area contributed by atoms with Crippen LogP contribution < -0.4 is 0 Å². The SMILES string of the molecule is N#C[C@@H](C(=O)CCc1nc2ccccc2[nH]1)c1nc2ccccc2s1. The van der Waals surface area contributed by atoms with Gasteiger partial charge in [-0.05, 0) is 24.3 Å². The van der Waals surface area contributed by atoms with Gasteiger partial charge in [-0.25, -0.2) is 9.97 Å². The lowest BCUT2D eigenvalue weighted by Gasteiger charge is -2.03. The molecule has 6 heteroatoms. The first-order valence-corrected chi connectivity index (χ1v) is 8.77. The average molecular weight is 346 g/mol. The van der Waals surface area contributed by atoms with E-state index in [0.29, 0.717) is 11.4 Å². The maximum absolute atomic E-state index is 12.5. The van der Waals surface area contributed by atoms with Crippen LogP contribution in [0.3, 0.4) is 0 Å². The number of H-pyrrole nitrogens is 1. The molecule has 4 aromatic rings. The Morgan fingerprint density at radius 1 is 1.12 bits per heavy atom. The van der Waals surface area contributed by atoms with Crippen LogP contribution in [-0.4, -0.2) is 20.7 Å². The minimum absolute atomic E-state index is 0.123. The molecule has 2 heterocycles. The smallest absolute Gasteiger partial charge is 0.157 e. The number of hydrogen-bond donors (Lipinski definition) is 1. The third-order valence-corrected chi connectivity index (χ3v) is 5.16. The number of ketones is 1. The van der Waals surface area contributed by atoms with Crippen molar-refractivity contribution in [2.45, 2.75) is 18.8 Å². The molecule has 0 aliphatic heterocycles. The molecular formula is C19H14N4OS. The Morgan fingerprint density at radius 3 is 2.64 bits per heavy atom. The van der Waals surface area contributed by atoms with Crippen LogP contribution in [0.1, 0.15) is 23.2 Å². The third kappa shape index (κ3) is 3.02. The number of nitrogens with one attached hydrogen (secondary N) is 1. The van der Waals surface area contributed by atoms with E-state index in [-0.39, 0.29) is 12.2 Å². The van der Waals surface area contributed by atoms with Gasteiger partial charge in [-0.2, -0.15) is 5.26 Å². The summed E-state index contributed by atoms with van der Waals surface area (Å²) in [5, 5.41) is 10.0. The molecule has 122 valence electrons. The van der Waals surface area contributed by atoms with E-state index in [1.807, 2.05) is 48.5 Å². The van der Waals surface area contributed by atoms with E-state index in [1.54, 1.807) is 0 Å². The summed E-state index contributed by atoms with van der Waals surface area (Å²) in [5.41, 5.74) is 2.66. The Bertz CT molecular complexity index is 1040. The molecule has 0 spiro atoms. The van der Waals surface area contributed by atoms with Crippen molar-refractivity contribution >= 4 is 38.4 Å². The summed E-state index contributed by atoms with van der Waals surface area (Å²) >= 11 is 1.41. The zero-order valence-corrected chi connectivity index (χ0v) is 14.1. The lowest BCUT2D eigenvalue weighted by molar-refractivity contribution is -0.119. The molecule has 0 saturated carbocycles. The molecule has 0 unspecified atom stereocenters. The van der Waals surface area contributed by atoms with Crippen molar-refractivity contribution < 1.29 is 4.79 Å². The molecule has 0 aliphatic rings. The van der Waals surface area contributed by atoms with Crippen LogP contribution in [-0.2, 0) is 11.2 Å². The summed E-state index contributed by atoms with van der Waals surface area (Å²) in [4.78, 5) is 24.7. The number of benzene rings is 2. The standard InChI is InChI=1S/C19H14N4OS/c20-11-12(19-23-15-7-3-4-8-17(15)25-19)16(24)9-10-18-21-13-5-1-2-6-14(13)22-18/h1-8,12H,9-10H2,(H,21,22)/t12-/m0/s1. The number of nitriles is 1. The van der Waals surface area contributed by atoms with Gasteiger partial charge in [0.05, 0.1) is 27.3 Å². The quantitative estimate of drug-likeness (QED) is 0.592. The van der Waals surface area contributed by atoms with Crippen LogP contribution >= 0.6 is 11.3 Å². The van der Waals surface area contributed by atoms with Crippen molar-refractivity contribution in [2.75, 3.05) is 0 Å². The van der Waals surface area contributed by atoms with E-state index in [0.717, 1.165) is 27.1 Å². The van der Waals surface area contributed by atoms with Gasteiger partial charge in [-0.15, -0.1) is 11.3 Å². The van der Waals surface area contributed by atoms with Crippen molar-refractivity contribution in [1.29, 1.82) is 5.26 Å². The maximum Gasteiger partial charge on any atom is 0.157 e. The number of hydrogen-bond acceptors (Lipinski definition) is 5. The minimum Gasteiger partial charge on any atom is -0.342 e. The molecule has 25 heavy (non-hydrogen) atoms. The fraction of sp³-hybridized carbons (Fsp3) is 0.158. The highest BCUT2D eigenvalue weighted by atomic mass is 32.1. The zero-order valence-electron chi connectivity index (χ0n) is 13.3. The Balaban J connectivity index is 1.51. The van der Waals surface area contributed by atoms with Crippen molar-refractivity contribution in [3.8, 4) is 6.07 Å². The number of carbonyl (C=O) groups is 1. The fourth-order valence-electron chi connectivity index (χ4n) is 2.79. The minimum atomic E-state index is -0.818. The molecule has 0 amide bonds. The van der Waals surface area contributed by atoms with Gasteiger partial charge in [0.15, 0.2) is 11.7 Å². The molecule has 5 nitrogen and oxygen atoms in total. The Labute approximate surface area is 148 Å². The van der Waals surface area contributed by atoms with Crippen LogP contribution in [0.2, 0.25) is 0 Å². The fourth-order valence-corrected chi connectivity index (χ4v) is 3.82.